The van der Waals surface area contributed by atoms with E-state index >= 15 is 0 Å². The van der Waals surface area contributed by atoms with Crippen molar-refractivity contribution in [3.05, 3.63) is 46.0 Å². The second kappa shape index (κ2) is 3.64. The number of hydrogen-bond donors (Lipinski definition) is 0. The van der Waals surface area contributed by atoms with Crippen LogP contribution in [0.3, 0.4) is 0 Å². The summed E-state index contributed by atoms with van der Waals surface area (Å²) in [7, 11) is 0. The van der Waals surface area contributed by atoms with Crippen molar-refractivity contribution in [2.24, 2.45) is 0 Å². The molecule has 0 amide bonds. The predicted molar refractivity (Wildman–Crippen MR) is 74.3 cm³/mol. The van der Waals surface area contributed by atoms with Gasteiger partial charge in [-0.1, -0.05) is 12.1 Å². The molecule has 72 valence electrons. The van der Waals surface area contributed by atoms with Crippen LogP contribution in [0.1, 0.15) is 0 Å². The van der Waals surface area contributed by atoms with Crippen LogP contribution in [0.15, 0.2) is 42.5 Å². The molecule has 0 aliphatic heterocycles. The van der Waals surface area contributed by atoms with Gasteiger partial charge in [-0.15, -0.1) is 0 Å². The predicted octanol–water partition coefficient (Wildman–Crippen LogP) is 4.34. The minimum Gasteiger partial charge on any atom is -0.237 e. The lowest BCUT2D eigenvalue weighted by molar-refractivity contribution is 1.51. The van der Waals surface area contributed by atoms with Crippen LogP contribution >= 0.6 is 33.9 Å². The standard InChI is InChI=1S/C12H7INS/c13-8-5-6-10-12(7-8)15-11-4-2-1-3-9(11)14-10/h1-7H/q+1. The third-order valence-electron chi connectivity index (χ3n) is 2.25. The first kappa shape index (κ1) is 9.42. The van der Waals surface area contributed by atoms with E-state index in [9.17, 15) is 0 Å². The molecule has 15 heavy (non-hydrogen) atoms. The fourth-order valence-electron chi connectivity index (χ4n) is 1.55. The molecule has 1 nitrogen and oxygen atoms in total. The molecular formula is C12H7INS+. The molecule has 0 saturated heterocycles. The largest absolute Gasteiger partial charge is 0.258 e. The lowest BCUT2D eigenvalue weighted by Crippen LogP contribution is -1.80. The van der Waals surface area contributed by atoms with Gasteiger partial charge in [0, 0.05) is 15.7 Å². The molecular weight excluding hydrogens is 317 g/mol. The number of para-hydroxylation sites is 1. The van der Waals surface area contributed by atoms with Crippen LogP contribution in [0.25, 0.3) is 20.4 Å². The number of aromatic nitrogens is 1. The fourth-order valence-corrected chi connectivity index (χ4v) is 3.25. The Morgan fingerprint density at radius 1 is 0.933 bits per heavy atom. The smallest absolute Gasteiger partial charge is 0.237 e. The third-order valence-corrected chi connectivity index (χ3v) is 4.03. The maximum atomic E-state index is 4.63. The van der Waals surface area contributed by atoms with Crippen LogP contribution in [-0.4, -0.2) is 4.98 Å². The maximum Gasteiger partial charge on any atom is 0.258 e. The molecule has 0 fully saturated rings. The molecule has 0 bridgehead atoms. The topological polar surface area (TPSA) is 12.9 Å². The van der Waals surface area contributed by atoms with Crippen molar-refractivity contribution >= 4 is 54.4 Å². The molecule has 0 radical (unpaired) electrons. The molecule has 0 aliphatic carbocycles. The molecule has 2 aromatic carbocycles. The van der Waals surface area contributed by atoms with Gasteiger partial charge in [-0.25, -0.2) is 4.98 Å². The summed E-state index contributed by atoms with van der Waals surface area (Å²) in [6.07, 6.45) is 0. The van der Waals surface area contributed by atoms with E-state index in [-0.39, 0.29) is 0 Å². The van der Waals surface area contributed by atoms with Crippen molar-refractivity contribution in [2.75, 3.05) is 0 Å². The van der Waals surface area contributed by atoms with E-state index in [0.29, 0.717) is 0 Å². The Morgan fingerprint density at radius 2 is 1.73 bits per heavy atom. The monoisotopic (exact) mass is 324 g/mol. The maximum absolute atomic E-state index is 4.63. The zero-order valence-corrected chi connectivity index (χ0v) is 10.7. The normalized spacial score (nSPS) is 11.0. The van der Waals surface area contributed by atoms with Crippen LogP contribution in [0.5, 0.6) is 0 Å². The molecule has 3 aromatic rings. The summed E-state index contributed by atoms with van der Waals surface area (Å²) < 4.78 is 3.75. The van der Waals surface area contributed by atoms with E-state index in [4.69, 9.17) is 0 Å². The number of fused-ring (bicyclic) bond motifs is 2. The summed E-state index contributed by atoms with van der Waals surface area (Å²) in [6.45, 7) is 0. The van der Waals surface area contributed by atoms with Crippen molar-refractivity contribution < 1.29 is 0 Å². The number of nitrogens with zero attached hydrogens (tertiary/aromatic N) is 1. The van der Waals surface area contributed by atoms with Gasteiger partial charge in [0.25, 0.3) is 9.40 Å². The van der Waals surface area contributed by atoms with Crippen LogP contribution in [0.2, 0.25) is 0 Å². The highest BCUT2D eigenvalue weighted by Crippen LogP contribution is 2.26. The van der Waals surface area contributed by atoms with E-state index in [0.717, 1.165) is 11.0 Å². The van der Waals surface area contributed by atoms with Gasteiger partial charge in [-0.05, 0) is 40.8 Å². The fraction of sp³-hybridized carbons (Fsp3) is 0. The Labute approximate surface area is 105 Å². The number of halogens is 1. The molecule has 0 spiro atoms. The van der Waals surface area contributed by atoms with Crippen molar-refractivity contribution in [3.8, 4) is 0 Å². The van der Waals surface area contributed by atoms with Crippen LogP contribution in [0, 0.1) is 3.57 Å². The number of benzene rings is 2. The van der Waals surface area contributed by atoms with Gasteiger partial charge in [-0.2, -0.15) is 0 Å². The summed E-state index contributed by atoms with van der Waals surface area (Å²) in [6, 6.07) is 14.6. The molecule has 0 aliphatic rings. The second-order valence-corrected chi connectivity index (χ2v) is 5.62. The van der Waals surface area contributed by atoms with E-state index in [1.165, 1.54) is 13.0 Å². The zero-order chi connectivity index (χ0) is 10.3. The van der Waals surface area contributed by atoms with Gasteiger partial charge >= 0.3 is 0 Å². The SMILES string of the molecule is Ic1ccc2nc3ccccc3[s+]c2c1. The highest BCUT2D eigenvalue weighted by molar-refractivity contribution is 14.1. The van der Waals surface area contributed by atoms with Gasteiger partial charge in [-0.3, -0.25) is 0 Å². The van der Waals surface area contributed by atoms with Gasteiger partial charge in [0.15, 0.2) is 0 Å². The summed E-state index contributed by atoms with van der Waals surface area (Å²) in [5, 5.41) is 0. The third kappa shape index (κ3) is 1.70. The van der Waals surface area contributed by atoms with Crippen LogP contribution < -0.4 is 0 Å². The van der Waals surface area contributed by atoms with Gasteiger partial charge in [0.05, 0.1) is 0 Å². The molecule has 0 N–H and O–H groups in total. The average molecular weight is 324 g/mol. The highest BCUT2D eigenvalue weighted by atomic mass is 127. The number of hydrogen-bond acceptors (Lipinski definition) is 1. The van der Waals surface area contributed by atoms with Crippen LogP contribution in [0.4, 0.5) is 0 Å². The first-order valence-corrected chi connectivity index (χ1v) is 6.51. The van der Waals surface area contributed by atoms with Crippen molar-refractivity contribution in [1.29, 1.82) is 0 Å². The molecule has 3 heteroatoms. The van der Waals surface area contributed by atoms with Crippen molar-refractivity contribution in [2.45, 2.75) is 0 Å². The Kier molecular flexibility index (Phi) is 2.29. The minimum absolute atomic E-state index is 1.08. The minimum atomic E-state index is 1.08. The lowest BCUT2D eigenvalue weighted by atomic mass is 10.3. The highest BCUT2D eigenvalue weighted by Gasteiger charge is 2.11. The van der Waals surface area contributed by atoms with Crippen LogP contribution in [-0.2, 0) is 0 Å². The molecule has 0 unspecified atom stereocenters. The summed E-state index contributed by atoms with van der Waals surface area (Å²) >= 11 is 4.13. The first-order chi connectivity index (χ1) is 7.33. The quantitative estimate of drug-likeness (QED) is 0.341. The second-order valence-electron chi connectivity index (χ2n) is 3.29. The summed E-state index contributed by atoms with van der Waals surface area (Å²) in [5.41, 5.74) is 2.16. The van der Waals surface area contributed by atoms with Gasteiger partial charge in [0.2, 0.25) is 11.3 Å². The molecule has 0 saturated carbocycles. The molecule has 0 atom stereocenters. The van der Waals surface area contributed by atoms with E-state index < -0.39 is 0 Å². The van der Waals surface area contributed by atoms with Crippen molar-refractivity contribution in [3.63, 3.8) is 0 Å². The Bertz CT molecular complexity index is 651. The summed E-state index contributed by atoms with van der Waals surface area (Å²) in [4.78, 5) is 4.63. The Morgan fingerprint density at radius 3 is 2.67 bits per heavy atom. The first-order valence-electron chi connectivity index (χ1n) is 4.61. The Hall–Kier alpha value is -0.810. The zero-order valence-electron chi connectivity index (χ0n) is 7.77. The molecule has 1 heterocycles. The molecule has 1 aromatic heterocycles. The van der Waals surface area contributed by atoms with E-state index in [2.05, 4.69) is 64.0 Å². The average Bonchev–Trinajstić information content (AvgIpc) is 2.26. The molecule has 3 rings (SSSR count). The van der Waals surface area contributed by atoms with E-state index in [1.807, 2.05) is 6.07 Å². The van der Waals surface area contributed by atoms with E-state index in [1.54, 1.807) is 11.3 Å². The number of rotatable bonds is 0. The Balaban J connectivity index is 2.47. The van der Waals surface area contributed by atoms with Gasteiger partial charge in [0.1, 0.15) is 11.0 Å². The van der Waals surface area contributed by atoms with Gasteiger partial charge < -0.3 is 0 Å². The lowest BCUT2D eigenvalue weighted by Gasteiger charge is -1.92. The summed E-state index contributed by atoms with van der Waals surface area (Å²) in [5.74, 6) is 0. The van der Waals surface area contributed by atoms with Crippen molar-refractivity contribution in [1.82, 2.24) is 4.98 Å².